The van der Waals surface area contributed by atoms with Gasteiger partial charge in [-0.2, -0.15) is 5.21 Å². The molecule has 0 aliphatic carbocycles. The Labute approximate surface area is 197 Å². The van der Waals surface area contributed by atoms with E-state index in [1.165, 1.54) is 0 Å². The van der Waals surface area contributed by atoms with Crippen LogP contribution in [0.25, 0.3) is 5.69 Å². The molecule has 1 atom stereocenters. The van der Waals surface area contributed by atoms with E-state index >= 15 is 0 Å². The Morgan fingerprint density at radius 2 is 1.97 bits per heavy atom. The summed E-state index contributed by atoms with van der Waals surface area (Å²) >= 11 is 6.63. The summed E-state index contributed by atoms with van der Waals surface area (Å²) in [6.07, 6.45) is 0.844. The van der Waals surface area contributed by atoms with Crippen LogP contribution in [0.15, 0.2) is 53.4 Å². The van der Waals surface area contributed by atoms with Gasteiger partial charge in [0.2, 0.25) is 4.77 Å². The second-order valence-electron chi connectivity index (χ2n) is 7.03. The van der Waals surface area contributed by atoms with E-state index in [9.17, 15) is 4.21 Å². The van der Waals surface area contributed by atoms with E-state index in [0.29, 0.717) is 21.9 Å². The molecule has 2 aromatic carbocycles. The van der Waals surface area contributed by atoms with Crippen LogP contribution in [0.5, 0.6) is 0 Å². The molecular formula is C20H24N6O2S2Se. The number of hydroxylamine groups is 2. The van der Waals surface area contributed by atoms with Gasteiger partial charge < -0.3 is 0 Å². The molecule has 0 spiro atoms. The van der Waals surface area contributed by atoms with Crippen molar-refractivity contribution in [1.29, 1.82) is 0 Å². The van der Waals surface area contributed by atoms with Crippen LogP contribution in [0.3, 0.4) is 0 Å². The normalized spacial score (nSPS) is 12.1. The summed E-state index contributed by atoms with van der Waals surface area (Å²) in [6, 6.07) is 15.7. The van der Waals surface area contributed by atoms with Gasteiger partial charge >= 0.3 is 165 Å². The van der Waals surface area contributed by atoms with Crippen LogP contribution < -0.4 is 0 Å². The van der Waals surface area contributed by atoms with Crippen LogP contribution in [0, 0.1) is 11.7 Å². The molecule has 3 rings (SSSR count). The van der Waals surface area contributed by atoms with Crippen LogP contribution in [0.2, 0.25) is 0 Å². The third kappa shape index (κ3) is 6.49. The van der Waals surface area contributed by atoms with Gasteiger partial charge in [-0.05, 0) is 12.2 Å². The molecule has 0 radical (unpaired) electrons. The molecule has 1 N–H and O–H groups in total. The Hall–Kier alpha value is -2.01. The van der Waals surface area contributed by atoms with Crippen LogP contribution in [-0.4, -0.2) is 81.7 Å². The SMILES string of the molecule is Cc1cc(-n2[nH]nnc2=S)cc(S(=O)ON(C)CCCN(C)C(=[Se])c2ccccc2)c1. The standard InChI is InChI=1S/C20H24N6O2S2Se/c1-15-12-17(26-20(29)21-22-23-26)14-18(13-15)30(27)28-25(3)11-7-10-24(2)19(31)16-8-5-4-6-9-16/h4-6,8-9,12-14H,7,10-11H2,1-3H3,(H,21,23,29). The van der Waals surface area contributed by atoms with Crippen molar-refractivity contribution in [2.24, 2.45) is 0 Å². The number of H-pyrrole nitrogens is 1. The summed E-state index contributed by atoms with van der Waals surface area (Å²) in [4.78, 5) is 2.70. The first-order valence-corrected chi connectivity index (χ1v) is 11.9. The topological polar surface area (TPSA) is 79.3 Å². The van der Waals surface area contributed by atoms with E-state index in [-0.39, 0.29) is 0 Å². The van der Waals surface area contributed by atoms with Gasteiger partial charge in [0.05, 0.1) is 0 Å². The average Bonchev–Trinajstić information content (AvgIpc) is 3.19. The Morgan fingerprint density at radius 3 is 2.65 bits per heavy atom. The van der Waals surface area contributed by atoms with Gasteiger partial charge in [0.15, 0.2) is 0 Å². The van der Waals surface area contributed by atoms with E-state index in [2.05, 4.69) is 48.1 Å². The van der Waals surface area contributed by atoms with Crippen molar-refractivity contribution in [3.8, 4) is 5.69 Å². The van der Waals surface area contributed by atoms with E-state index in [1.54, 1.807) is 22.9 Å². The molecule has 3 aromatic rings. The number of aromatic amines is 1. The first kappa shape index (κ1) is 23.6. The average molecular weight is 524 g/mol. The molecule has 11 heteroatoms. The quantitative estimate of drug-likeness (QED) is 0.248. The molecule has 0 aliphatic rings. The van der Waals surface area contributed by atoms with E-state index in [0.717, 1.165) is 28.6 Å². The van der Waals surface area contributed by atoms with E-state index < -0.39 is 11.1 Å². The zero-order valence-corrected chi connectivity index (χ0v) is 20.9. The Balaban J connectivity index is 1.54. The molecule has 1 heterocycles. The van der Waals surface area contributed by atoms with Crippen molar-refractivity contribution in [3.05, 3.63) is 64.4 Å². The second kappa shape index (κ2) is 11.0. The monoisotopic (exact) mass is 524 g/mol. The van der Waals surface area contributed by atoms with Gasteiger partial charge in [-0.15, -0.1) is 0 Å². The predicted molar refractivity (Wildman–Crippen MR) is 125 cm³/mol. The predicted octanol–water partition coefficient (Wildman–Crippen LogP) is 2.19. The zero-order chi connectivity index (χ0) is 22.4. The van der Waals surface area contributed by atoms with Gasteiger partial charge in [0.1, 0.15) is 0 Å². The number of tetrazole rings is 1. The molecule has 1 unspecified atom stereocenters. The molecule has 31 heavy (non-hydrogen) atoms. The van der Waals surface area contributed by atoms with Crippen molar-refractivity contribution in [2.75, 3.05) is 27.2 Å². The number of rotatable bonds is 10. The molecule has 0 saturated heterocycles. The fraction of sp³-hybridized carbons (Fsp3) is 0.300. The number of aryl methyl sites for hydroxylation is 1. The van der Waals surface area contributed by atoms with Crippen LogP contribution in [-0.2, 0) is 15.4 Å². The fourth-order valence-corrected chi connectivity index (χ4v) is 4.50. The molecule has 164 valence electrons. The van der Waals surface area contributed by atoms with Gasteiger partial charge in [-0.3, -0.25) is 0 Å². The maximum absolute atomic E-state index is 12.8. The second-order valence-corrected chi connectivity index (χ2v) is 9.30. The van der Waals surface area contributed by atoms with Crippen molar-refractivity contribution in [3.63, 3.8) is 0 Å². The molecule has 0 fully saturated rings. The Bertz CT molecular complexity index is 1120. The van der Waals surface area contributed by atoms with Crippen molar-refractivity contribution >= 4 is 43.4 Å². The summed E-state index contributed by atoms with van der Waals surface area (Å²) in [5.41, 5.74) is 2.78. The Morgan fingerprint density at radius 1 is 1.23 bits per heavy atom. The van der Waals surface area contributed by atoms with Crippen molar-refractivity contribution in [2.45, 2.75) is 18.2 Å². The fourth-order valence-electron chi connectivity index (χ4n) is 2.95. The minimum absolute atomic E-state index is 0.296. The summed E-state index contributed by atoms with van der Waals surface area (Å²) in [5, 5.41) is 11.8. The third-order valence-electron chi connectivity index (χ3n) is 4.49. The summed E-state index contributed by atoms with van der Waals surface area (Å²) in [7, 11) is 3.82. The molecule has 8 nitrogen and oxygen atoms in total. The van der Waals surface area contributed by atoms with Crippen LogP contribution >= 0.6 is 12.2 Å². The Kier molecular flexibility index (Phi) is 8.42. The molecule has 1 aromatic heterocycles. The van der Waals surface area contributed by atoms with Gasteiger partial charge in [0.25, 0.3) is 0 Å². The zero-order valence-electron chi connectivity index (χ0n) is 17.5. The van der Waals surface area contributed by atoms with Gasteiger partial charge in [-0.25, -0.2) is 0 Å². The minimum atomic E-state index is -1.66. The molecule has 0 saturated carbocycles. The number of aromatic nitrogens is 4. The summed E-state index contributed by atoms with van der Waals surface area (Å²) in [6.45, 7) is 3.38. The van der Waals surface area contributed by atoms with Crippen molar-refractivity contribution < 1.29 is 8.49 Å². The molecule has 0 aliphatic heterocycles. The number of hydrogen-bond donors (Lipinski definition) is 1. The third-order valence-corrected chi connectivity index (χ3v) is 6.91. The summed E-state index contributed by atoms with van der Waals surface area (Å²) in [5.74, 6) is 0. The number of nitrogens with zero attached hydrogens (tertiary/aromatic N) is 5. The van der Waals surface area contributed by atoms with Crippen LogP contribution in [0.4, 0.5) is 0 Å². The number of nitrogens with one attached hydrogen (secondary N) is 1. The molecule has 0 bridgehead atoms. The molecule has 0 amide bonds. The number of hydrogen-bond acceptors (Lipinski definition) is 7. The first-order chi connectivity index (χ1) is 14.8. The van der Waals surface area contributed by atoms with Gasteiger partial charge in [-0.1, -0.05) is 10.3 Å². The van der Waals surface area contributed by atoms with Crippen LogP contribution in [0.1, 0.15) is 17.5 Å². The van der Waals surface area contributed by atoms with Crippen molar-refractivity contribution in [1.82, 2.24) is 30.2 Å². The summed E-state index contributed by atoms with van der Waals surface area (Å²) < 4.78 is 21.3. The van der Waals surface area contributed by atoms with Gasteiger partial charge in [0, 0.05) is 0 Å². The molecular weight excluding hydrogens is 499 g/mol. The van der Waals surface area contributed by atoms with E-state index in [4.69, 9.17) is 16.5 Å². The van der Waals surface area contributed by atoms with E-state index in [1.807, 2.05) is 44.3 Å². The first-order valence-electron chi connectivity index (χ1n) is 9.59. The maximum atomic E-state index is 12.8. The number of benzene rings is 2.